The summed E-state index contributed by atoms with van der Waals surface area (Å²) in [6.07, 6.45) is 0.922. The summed E-state index contributed by atoms with van der Waals surface area (Å²) in [5.74, 6) is 0.828. The number of hydrogen-bond donors (Lipinski definition) is 2. The summed E-state index contributed by atoms with van der Waals surface area (Å²) in [6.45, 7) is 1.99. The largest absolute Gasteiger partial charge is 0.495 e. The average molecular weight is 298 g/mol. The molecule has 2 N–H and O–H groups in total. The number of carbonyl (C=O) groups excluding carboxylic acids is 1. The topological polar surface area (TPSA) is 53.6 Å². The molecule has 0 aromatic heterocycles. The van der Waals surface area contributed by atoms with Crippen LogP contribution in [0.5, 0.6) is 5.75 Å². The van der Waals surface area contributed by atoms with Gasteiger partial charge < -0.3 is 20.3 Å². The molecular weight excluding hydrogens is 278 g/mol. The van der Waals surface area contributed by atoms with E-state index in [4.69, 9.17) is 16.3 Å². The number of likely N-dealkylation sites (N-methyl/N-ethyl adjacent to an activating group) is 1. The number of anilines is 1. The molecule has 0 bridgehead atoms. The van der Waals surface area contributed by atoms with Crippen molar-refractivity contribution >= 4 is 23.2 Å². The molecule has 20 heavy (non-hydrogen) atoms. The normalized spacial score (nSPS) is 18.1. The first-order valence-electron chi connectivity index (χ1n) is 6.66. The summed E-state index contributed by atoms with van der Waals surface area (Å²) in [5.41, 5.74) is 0.977. The van der Waals surface area contributed by atoms with E-state index in [1.54, 1.807) is 14.2 Å². The first-order chi connectivity index (χ1) is 9.63. The molecule has 0 spiro atoms. The summed E-state index contributed by atoms with van der Waals surface area (Å²) in [5, 5.41) is 6.55. The molecule has 1 saturated heterocycles. The lowest BCUT2D eigenvalue weighted by Gasteiger charge is -2.21. The van der Waals surface area contributed by atoms with Gasteiger partial charge in [0, 0.05) is 24.2 Å². The number of methoxy groups -OCH3 is 1. The second kappa shape index (κ2) is 6.81. The molecule has 1 fully saturated rings. The molecule has 1 aliphatic heterocycles. The van der Waals surface area contributed by atoms with Gasteiger partial charge in [0.2, 0.25) is 5.91 Å². The van der Waals surface area contributed by atoms with Gasteiger partial charge in [-0.3, -0.25) is 4.79 Å². The Kier molecular flexibility index (Phi) is 5.09. The van der Waals surface area contributed by atoms with Crippen molar-refractivity contribution in [1.29, 1.82) is 0 Å². The molecular formula is C14H20ClN3O2. The van der Waals surface area contributed by atoms with Crippen LogP contribution in [0.3, 0.4) is 0 Å². The van der Waals surface area contributed by atoms with E-state index in [2.05, 4.69) is 15.5 Å². The van der Waals surface area contributed by atoms with Crippen molar-refractivity contribution in [1.82, 2.24) is 10.6 Å². The number of rotatable bonds is 5. The van der Waals surface area contributed by atoms with E-state index in [1.807, 2.05) is 18.2 Å². The van der Waals surface area contributed by atoms with E-state index < -0.39 is 0 Å². The molecule has 5 nitrogen and oxygen atoms in total. The van der Waals surface area contributed by atoms with Gasteiger partial charge in [0.25, 0.3) is 0 Å². The van der Waals surface area contributed by atoms with Crippen molar-refractivity contribution in [2.45, 2.75) is 12.5 Å². The molecule has 1 aromatic carbocycles. The molecule has 6 heteroatoms. The Morgan fingerprint density at radius 2 is 2.35 bits per heavy atom. The van der Waals surface area contributed by atoms with Gasteiger partial charge in [-0.05, 0) is 31.7 Å². The Morgan fingerprint density at radius 1 is 1.55 bits per heavy atom. The Bertz CT molecular complexity index is 481. The van der Waals surface area contributed by atoms with Crippen molar-refractivity contribution in [3.05, 3.63) is 23.2 Å². The Labute approximate surface area is 124 Å². The van der Waals surface area contributed by atoms with Crippen LogP contribution >= 0.6 is 11.6 Å². The lowest BCUT2D eigenvalue weighted by Crippen LogP contribution is -2.41. The number of ether oxygens (including phenoxy) is 1. The Morgan fingerprint density at radius 3 is 3.05 bits per heavy atom. The van der Waals surface area contributed by atoms with E-state index in [1.165, 1.54) is 0 Å². The molecule has 1 aliphatic rings. The molecule has 2 rings (SSSR count). The predicted octanol–water partition coefficient (Wildman–Crippen LogP) is 1.26. The summed E-state index contributed by atoms with van der Waals surface area (Å²) in [6, 6.07) is 5.74. The molecule has 1 aromatic rings. The van der Waals surface area contributed by atoms with E-state index in [0.29, 0.717) is 11.6 Å². The van der Waals surface area contributed by atoms with Gasteiger partial charge in [-0.25, -0.2) is 0 Å². The van der Waals surface area contributed by atoms with Crippen LogP contribution in [0.2, 0.25) is 5.02 Å². The van der Waals surface area contributed by atoms with Gasteiger partial charge in [0.05, 0.1) is 19.3 Å². The summed E-state index contributed by atoms with van der Waals surface area (Å²) in [7, 11) is 3.41. The zero-order valence-corrected chi connectivity index (χ0v) is 12.5. The number of nitrogens with zero attached hydrogens (tertiary/aromatic N) is 1. The highest BCUT2D eigenvalue weighted by molar-refractivity contribution is 6.30. The monoisotopic (exact) mass is 297 g/mol. The molecule has 110 valence electrons. The predicted molar refractivity (Wildman–Crippen MR) is 80.7 cm³/mol. The summed E-state index contributed by atoms with van der Waals surface area (Å²) in [4.78, 5) is 13.8. The zero-order valence-electron chi connectivity index (χ0n) is 11.8. The minimum absolute atomic E-state index is 0.0254. The Hall–Kier alpha value is -1.46. The number of amides is 1. The lowest BCUT2D eigenvalue weighted by atomic mass is 10.2. The average Bonchev–Trinajstić information content (AvgIpc) is 2.87. The van der Waals surface area contributed by atoms with Gasteiger partial charge in [-0.2, -0.15) is 0 Å². The molecule has 1 amide bonds. The zero-order chi connectivity index (χ0) is 14.5. The molecule has 0 saturated carbocycles. The second-order valence-corrected chi connectivity index (χ2v) is 5.28. The van der Waals surface area contributed by atoms with Gasteiger partial charge in [0.1, 0.15) is 5.75 Å². The summed E-state index contributed by atoms with van der Waals surface area (Å²) >= 11 is 6.05. The first kappa shape index (κ1) is 14.9. The smallest absolute Gasteiger partial charge is 0.234 e. The summed E-state index contributed by atoms with van der Waals surface area (Å²) < 4.78 is 5.37. The lowest BCUT2D eigenvalue weighted by molar-refractivity contribution is -0.120. The van der Waals surface area contributed by atoms with E-state index in [9.17, 15) is 4.79 Å². The highest BCUT2D eigenvalue weighted by Crippen LogP contribution is 2.33. The van der Waals surface area contributed by atoms with Crippen molar-refractivity contribution in [2.75, 3.05) is 38.7 Å². The van der Waals surface area contributed by atoms with Crippen molar-refractivity contribution in [3.63, 3.8) is 0 Å². The maximum atomic E-state index is 11.6. The van der Waals surface area contributed by atoms with Crippen molar-refractivity contribution < 1.29 is 9.53 Å². The van der Waals surface area contributed by atoms with Gasteiger partial charge in [0.15, 0.2) is 0 Å². The number of hydrogen-bond acceptors (Lipinski definition) is 4. The van der Waals surface area contributed by atoms with Gasteiger partial charge in [-0.1, -0.05) is 11.6 Å². The fraction of sp³-hybridized carbons (Fsp3) is 0.500. The fourth-order valence-electron chi connectivity index (χ4n) is 2.45. The van der Waals surface area contributed by atoms with Crippen LogP contribution in [0.4, 0.5) is 5.69 Å². The quantitative estimate of drug-likeness (QED) is 0.859. The highest BCUT2D eigenvalue weighted by atomic mass is 35.5. The van der Waals surface area contributed by atoms with Gasteiger partial charge in [-0.15, -0.1) is 0 Å². The van der Waals surface area contributed by atoms with Crippen LogP contribution < -0.4 is 20.3 Å². The number of carbonyl (C=O) groups is 1. The third-order valence-electron chi connectivity index (χ3n) is 3.37. The van der Waals surface area contributed by atoms with Crippen LogP contribution in [-0.2, 0) is 4.79 Å². The van der Waals surface area contributed by atoms with Crippen LogP contribution in [0.15, 0.2) is 18.2 Å². The highest BCUT2D eigenvalue weighted by Gasteiger charge is 2.25. The van der Waals surface area contributed by atoms with E-state index in [0.717, 1.165) is 30.9 Å². The maximum absolute atomic E-state index is 11.6. The number of benzene rings is 1. The fourth-order valence-corrected chi connectivity index (χ4v) is 2.61. The standard InChI is InChI=1S/C14H20ClN3O2/c1-16-8-14(19)17-11-5-6-18(9-11)12-7-10(15)3-4-13(12)20-2/h3-4,7,11,16H,5-6,8-9H2,1-2H3,(H,17,19). The van der Waals surface area contributed by atoms with Gasteiger partial charge >= 0.3 is 0 Å². The number of nitrogens with one attached hydrogen (secondary N) is 2. The SMILES string of the molecule is CNCC(=O)NC1CCN(c2cc(Cl)ccc2OC)C1. The molecule has 0 radical (unpaired) electrons. The van der Waals surface area contributed by atoms with Crippen molar-refractivity contribution in [2.24, 2.45) is 0 Å². The molecule has 1 unspecified atom stereocenters. The van der Waals surface area contributed by atoms with Crippen LogP contribution in [0.1, 0.15) is 6.42 Å². The minimum Gasteiger partial charge on any atom is -0.495 e. The Balaban J connectivity index is 2.02. The molecule has 0 aliphatic carbocycles. The maximum Gasteiger partial charge on any atom is 0.234 e. The van der Waals surface area contributed by atoms with E-state index in [-0.39, 0.29) is 11.9 Å². The minimum atomic E-state index is 0.0254. The van der Waals surface area contributed by atoms with E-state index >= 15 is 0 Å². The van der Waals surface area contributed by atoms with Crippen molar-refractivity contribution in [3.8, 4) is 5.75 Å². The number of halogens is 1. The third-order valence-corrected chi connectivity index (χ3v) is 3.61. The van der Waals surface area contributed by atoms with Crippen LogP contribution in [-0.4, -0.2) is 45.7 Å². The first-order valence-corrected chi connectivity index (χ1v) is 7.04. The second-order valence-electron chi connectivity index (χ2n) is 4.85. The van der Waals surface area contributed by atoms with Crippen LogP contribution in [0.25, 0.3) is 0 Å². The van der Waals surface area contributed by atoms with Crippen LogP contribution in [0, 0.1) is 0 Å². The molecule has 1 heterocycles. The third kappa shape index (κ3) is 3.55. The molecule has 1 atom stereocenters.